The van der Waals surface area contributed by atoms with E-state index in [0.29, 0.717) is 22.0 Å². The maximum Gasteiger partial charge on any atom is 0.253 e. The van der Waals surface area contributed by atoms with Crippen LogP contribution in [-0.2, 0) is 11.3 Å². The Hall–Kier alpha value is -3.09. The number of aliphatic hydroxyl groups excluding tert-OH is 4. The summed E-state index contributed by atoms with van der Waals surface area (Å²) in [5, 5.41) is 44.3. The van der Waals surface area contributed by atoms with E-state index < -0.39 is 43.2 Å². The monoisotopic (exact) mass is 558 g/mol. The third kappa shape index (κ3) is 5.12. The van der Waals surface area contributed by atoms with E-state index in [1.165, 1.54) is 6.33 Å². The molecule has 0 spiro atoms. The smallest absolute Gasteiger partial charge is 0.253 e. The molecule has 1 aliphatic rings. The molecule has 1 aliphatic heterocycles. The molecule has 3 unspecified atom stereocenters. The summed E-state index contributed by atoms with van der Waals surface area (Å²) < 4.78 is 7.04. The zero-order valence-electron chi connectivity index (χ0n) is 19.8. The molecular weight excluding hydrogens is 535 g/mol. The molecule has 0 bridgehead atoms. The average Bonchev–Trinajstić information content (AvgIpc) is 3.28. The fourth-order valence-corrected chi connectivity index (χ4v) is 4.87. The van der Waals surface area contributed by atoms with Gasteiger partial charge in [0.1, 0.15) is 30.7 Å². The topological polar surface area (TPSA) is 150 Å². The molecule has 2 aromatic carbocycles. The Bertz CT molecular complexity index is 1470. The summed E-state index contributed by atoms with van der Waals surface area (Å²) in [4.78, 5) is 21.6. The Labute approximate surface area is 227 Å². The van der Waals surface area contributed by atoms with Gasteiger partial charge < -0.3 is 35.0 Å². The molecule has 0 aliphatic carbocycles. The number of fused-ring (bicyclic) bond motifs is 1. The lowest BCUT2D eigenvalue weighted by Crippen LogP contribution is -2.64. The van der Waals surface area contributed by atoms with Gasteiger partial charge in [0, 0.05) is 41.6 Å². The van der Waals surface area contributed by atoms with E-state index in [2.05, 4.69) is 15.3 Å². The molecule has 4 aromatic rings. The molecule has 5 atom stereocenters. The average molecular weight is 559 g/mol. The Kier molecular flexibility index (Phi) is 7.64. The lowest BCUT2D eigenvalue weighted by molar-refractivity contribution is -0.252. The number of amides is 1. The van der Waals surface area contributed by atoms with Gasteiger partial charge in [-0.15, -0.1) is 0 Å². The number of hydrogen-bond donors (Lipinski definition) is 5. The normalized spacial score (nSPS) is 23.5. The van der Waals surface area contributed by atoms with Gasteiger partial charge in [0.15, 0.2) is 6.29 Å². The second-order valence-corrected chi connectivity index (χ2v) is 9.82. The van der Waals surface area contributed by atoms with Crippen LogP contribution in [0.3, 0.4) is 0 Å². The molecule has 3 heterocycles. The molecule has 2 aromatic heterocycles. The Balaban J connectivity index is 1.52. The van der Waals surface area contributed by atoms with E-state index >= 15 is 0 Å². The molecule has 5 N–H and O–H groups in total. The quantitative estimate of drug-likeness (QED) is 0.241. The maximum atomic E-state index is 13.4. The number of carbonyl (C=O) groups excluding carboxylic acids is 1. The van der Waals surface area contributed by atoms with Crippen LogP contribution < -0.4 is 5.32 Å². The molecule has 0 radical (unpaired) electrons. The van der Waals surface area contributed by atoms with Crippen molar-refractivity contribution in [3.8, 4) is 11.1 Å². The molecule has 10 nitrogen and oxygen atoms in total. The highest BCUT2D eigenvalue weighted by Crippen LogP contribution is 2.30. The lowest BCUT2D eigenvalue weighted by Gasteiger charge is -2.40. The van der Waals surface area contributed by atoms with Crippen LogP contribution in [0.25, 0.3) is 22.0 Å². The minimum atomic E-state index is -1.64. The maximum absolute atomic E-state index is 13.4. The molecule has 1 amide bonds. The van der Waals surface area contributed by atoms with Gasteiger partial charge in [0.2, 0.25) is 0 Å². The van der Waals surface area contributed by atoms with Gasteiger partial charge in [0.05, 0.1) is 22.2 Å². The summed E-state index contributed by atoms with van der Waals surface area (Å²) in [5.74, 6) is -0.597. The van der Waals surface area contributed by atoms with Gasteiger partial charge >= 0.3 is 0 Å². The van der Waals surface area contributed by atoms with E-state index in [0.717, 1.165) is 22.2 Å². The molecule has 1 saturated heterocycles. The van der Waals surface area contributed by atoms with E-state index in [1.54, 1.807) is 36.8 Å². The SMILES string of the molecule is O=C(N[C@H]1C(O)OC(CO)[C@@H](O)C1O)c1cn(Cc2ccc(Cl)c(Cl)c2)c2cc(-c3cncnc3)ccc12. The number of aliphatic hydroxyl groups is 4. The van der Waals surface area contributed by atoms with Crippen molar-refractivity contribution in [2.75, 3.05) is 6.61 Å². The number of nitrogens with zero attached hydrogens (tertiary/aromatic N) is 3. The van der Waals surface area contributed by atoms with E-state index in [-0.39, 0.29) is 5.56 Å². The first kappa shape index (κ1) is 26.5. The third-order valence-electron chi connectivity index (χ3n) is 6.56. The van der Waals surface area contributed by atoms with Gasteiger partial charge in [-0.05, 0) is 29.3 Å². The summed E-state index contributed by atoms with van der Waals surface area (Å²) in [5.41, 5.74) is 3.48. The molecule has 38 heavy (non-hydrogen) atoms. The number of nitrogens with one attached hydrogen (secondary N) is 1. The number of rotatable bonds is 6. The van der Waals surface area contributed by atoms with E-state index in [4.69, 9.17) is 27.9 Å². The van der Waals surface area contributed by atoms with Gasteiger partial charge in [-0.25, -0.2) is 9.97 Å². The fraction of sp³-hybridized carbons (Fsp3) is 0.269. The first-order chi connectivity index (χ1) is 18.3. The van der Waals surface area contributed by atoms with Crippen LogP contribution in [0.15, 0.2) is 61.3 Å². The highest BCUT2D eigenvalue weighted by Gasteiger charge is 2.44. The lowest BCUT2D eigenvalue weighted by atomic mass is 9.96. The first-order valence-corrected chi connectivity index (χ1v) is 12.5. The number of carbonyl (C=O) groups is 1. The first-order valence-electron chi connectivity index (χ1n) is 11.7. The van der Waals surface area contributed by atoms with Gasteiger partial charge in [-0.3, -0.25) is 4.79 Å². The minimum absolute atomic E-state index is 0.272. The van der Waals surface area contributed by atoms with E-state index in [9.17, 15) is 25.2 Å². The molecule has 198 valence electrons. The second kappa shape index (κ2) is 11.0. The van der Waals surface area contributed by atoms with Crippen LogP contribution >= 0.6 is 23.2 Å². The van der Waals surface area contributed by atoms with Gasteiger partial charge in [-0.1, -0.05) is 41.4 Å². The molecule has 0 saturated carbocycles. The highest BCUT2D eigenvalue weighted by atomic mass is 35.5. The highest BCUT2D eigenvalue weighted by molar-refractivity contribution is 6.42. The van der Waals surface area contributed by atoms with Crippen molar-refractivity contribution >= 4 is 40.0 Å². The van der Waals surface area contributed by atoms with Crippen molar-refractivity contribution in [1.82, 2.24) is 19.9 Å². The number of ether oxygens (including phenoxy) is 1. The van der Waals surface area contributed by atoms with Crippen molar-refractivity contribution in [3.63, 3.8) is 0 Å². The van der Waals surface area contributed by atoms with Gasteiger partial charge in [0.25, 0.3) is 5.91 Å². The summed E-state index contributed by atoms with van der Waals surface area (Å²) >= 11 is 12.3. The summed E-state index contributed by atoms with van der Waals surface area (Å²) in [7, 11) is 0. The van der Waals surface area contributed by atoms with Gasteiger partial charge in [-0.2, -0.15) is 0 Å². The Morgan fingerprint density at radius 2 is 1.76 bits per heavy atom. The predicted octanol–water partition coefficient (Wildman–Crippen LogP) is 1.98. The number of halogens is 2. The molecule has 1 fully saturated rings. The van der Waals surface area contributed by atoms with Crippen molar-refractivity contribution in [3.05, 3.63) is 82.5 Å². The number of aromatic nitrogens is 3. The van der Waals surface area contributed by atoms with Crippen LogP contribution in [0, 0.1) is 0 Å². The van der Waals surface area contributed by atoms with Crippen LogP contribution in [0.4, 0.5) is 0 Å². The second-order valence-electron chi connectivity index (χ2n) is 9.01. The van der Waals surface area contributed by atoms with E-state index in [1.807, 2.05) is 22.8 Å². The zero-order chi connectivity index (χ0) is 27.0. The standard InChI is InChI=1S/C26H24Cl2N4O6/c27-18-4-1-13(5-19(18)28)9-32-10-17(16-3-2-14(6-20(16)32)15-7-29-12-30-8-15)25(36)31-22-24(35)23(34)21(11-33)38-26(22)37/h1-8,10,12,21-24,26,33-35,37H,9,11H2,(H,31,36)/t21?,22-,23-,24?,26?/m1/s1. The van der Waals surface area contributed by atoms with Crippen molar-refractivity contribution < 1.29 is 30.0 Å². The fourth-order valence-electron chi connectivity index (χ4n) is 4.55. The van der Waals surface area contributed by atoms with Crippen LogP contribution in [0.5, 0.6) is 0 Å². The Morgan fingerprint density at radius 1 is 1.00 bits per heavy atom. The predicted molar refractivity (Wildman–Crippen MR) is 140 cm³/mol. The molecule has 12 heteroatoms. The van der Waals surface area contributed by atoms with Crippen molar-refractivity contribution in [2.24, 2.45) is 0 Å². The van der Waals surface area contributed by atoms with Crippen LogP contribution in [0.1, 0.15) is 15.9 Å². The minimum Gasteiger partial charge on any atom is -0.394 e. The van der Waals surface area contributed by atoms with Crippen molar-refractivity contribution in [2.45, 2.75) is 37.2 Å². The van der Waals surface area contributed by atoms with Crippen LogP contribution in [0.2, 0.25) is 10.0 Å². The van der Waals surface area contributed by atoms with Crippen LogP contribution in [-0.4, -0.2) is 78.1 Å². The molecule has 5 rings (SSSR count). The zero-order valence-corrected chi connectivity index (χ0v) is 21.3. The largest absolute Gasteiger partial charge is 0.394 e. The summed E-state index contributed by atoms with van der Waals surface area (Å²) in [6, 6.07) is 9.49. The summed E-state index contributed by atoms with van der Waals surface area (Å²) in [6.07, 6.45) is 0.591. The molecular formula is C26H24Cl2N4O6. The third-order valence-corrected chi connectivity index (χ3v) is 7.29. The number of benzene rings is 2. The van der Waals surface area contributed by atoms with Crippen molar-refractivity contribution in [1.29, 1.82) is 0 Å². The summed E-state index contributed by atoms with van der Waals surface area (Å²) in [6.45, 7) is -0.239. The Morgan fingerprint density at radius 3 is 2.47 bits per heavy atom. The number of hydrogen-bond acceptors (Lipinski definition) is 8.